The number of nitrogens with one attached hydrogen (secondary N) is 2. The highest BCUT2D eigenvalue weighted by Gasteiger charge is 2.15. The third-order valence-electron chi connectivity index (χ3n) is 4.00. The maximum atomic E-state index is 11.8. The van der Waals surface area contributed by atoms with E-state index in [1.807, 2.05) is 0 Å². The first-order valence-electron chi connectivity index (χ1n) is 8.48. The van der Waals surface area contributed by atoms with E-state index in [1.165, 1.54) is 19.3 Å². The summed E-state index contributed by atoms with van der Waals surface area (Å²) in [7, 11) is 0. The van der Waals surface area contributed by atoms with E-state index in [0.717, 1.165) is 45.1 Å². The fourth-order valence-electron chi connectivity index (χ4n) is 2.73. The van der Waals surface area contributed by atoms with Crippen molar-refractivity contribution in [3.05, 3.63) is 0 Å². The summed E-state index contributed by atoms with van der Waals surface area (Å²) < 4.78 is 0. The molecule has 0 saturated heterocycles. The van der Waals surface area contributed by atoms with Gasteiger partial charge in [-0.25, -0.2) is 0 Å². The Kier molecular flexibility index (Phi) is 13.3. The molecular formula is C16H32ClN3O2. The van der Waals surface area contributed by atoms with Crippen LogP contribution in [0.15, 0.2) is 0 Å². The standard InChI is InChI=1S/C16H31N3O2.ClH/c17-12-7-2-1-6-10-15(20)18-13-11-16(21)19-14-8-4-3-5-9-14;/h14H,1-13,17H2,(H,18,20)(H,19,21);1H. The first kappa shape index (κ1) is 21.2. The highest BCUT2D eigenvalue weighted by Crippen LogP contribution is 2.17. The smallest absolute Gasteiger partial charge is 0.221 e. The van der Waals surface area contributed by atoms with E-state index < -0.39 is 0 Å². The SMILES string of the molecule is Cl.NCCCCCCC(=O)NCCC(=O)NC1CCCCC1. The third-order valence-corrected chi connectivity index (χ3v) is 4.00. The fourth-order valence-corrected chi connectivity index (χ4v) is 2.73. The molecule has 2 amide bonds. The van der Waals surface area contributed by atoms with Crippen molar-refractivity contribution < 1.29 is 9.59 Å². The molecule has 1 fully saturated rings. The average Bonchev–Trinajstić information content (AvgIpc) is 2.48. The van der Waals surface area contributed by atoms with Crippen molar-refractivity contribution in [3.63, 3.8) is 0 Å². The van der Waals surface area contributed by atoms with Crippen LogP contribution in [0.25, 0.3) is 0 Å². The van der Waals surface area contributed by atoms with Crippen LogP contribution < -0.4 is 16.4 Å². The third kappa shape index (κ3) is 10.9. The van der Waals surface area contributed by atoms with Gasteiger partial charge in [-0.2, -0.15) is 0 Å². The summed E-state index contributed by atoms with van der Waals surface area (Å²) >= 11 is 0. The lowest BCUT2D eigenvalue weighted by Crippen LogP contribution is -2.38. The summed E-state index contributed by atoms with van der Waals surface area (Å²) in [5.74, 6) is 0.110. The molecule has 0 heterocycles. The Hall–Kier alpha value is -0.810. The fraction of sp³-hybridized carbons (Fsp3) is 0.875. The highest BCUT2D eigenvalue weighted by molar-refractivity contribution is 5.85. The summed E-state index contributed by atoms with van der Waals surface area (Å²) in [4.78, 5) is 23.3. The molecule has 0 aromatic carbocycles. The molecule has 0 bridgehead atoms. The molecule has 0 spiro atoms. The summed E-state index contributed by atoms with van der Waals surface area (Å²) in [6.07, 6.45) is 10.9. The molecule has 0 aromatic heterocycles. The second-order valence-corrected chi connectivity index (χ2v) is 5.96. The van der Waals surface area contributed by atoms with Gasteiger partial charge in [0, 0.05) is 25.4 Å². The second kappa shape index (κ2) is 13.8. The van der Waals surface area contributed by atoms with Crippen LogP contribution >= 0.6 is 12.4 Å². The minimum absolute atomic E-state index is 0. The van der Waals surface area contributed by atoms with Crippen LogP contribution in [0.2, 0.25) is 0 Å². The maximum absolute atomic E-state index is 11.8. The molecule has 0 aliphatic heterocycles. The Morgan fingerprint density at radius 2 is 1.59 bits per heavy atom. The van der Waals surface area contributed by atoms with Gasteiger partial charge in [0.15, 0.2) is 0 Å². The van der Waals surface area contributed by atoms with Gasteiger partial charge >= 0.3 is 0 Å². The molecule has 0 unspecified atom stereocenters. The normalized spacial score (nSPS) is 15.0. The van der Waals surface area contributed by atoms with E-state index in [0.29, 0.717) is 25.4 Å². The van der Waals surface area contributed by atoms with Crippen molar-refractivity contribution in [1.82, 2.24) is 10.6 Å². The summed E-state index contributed by atoms with van der Waals surface area (Å²) in [6, 6.07) is 0.351. The average molecular weight is 334 g/mol. The molecule has 130 valence electrons. The van der Waals surface area contributed by atoms with Crippen molar-refractivity contribution >= 4 is 24.2 Å². The van der Waals surface area contributed by atoms with Crippen LogP contribution in [-0.4, -0.2) is 30.9 Å². The lowest BCUT2D eigenvalue weighted by molar-refractivity contribution is -0.122. The zero-order chi connectivity index (χ0) is 15.3. The molecule has 1 saturated carbocycles. The predicted octanol–water partition coefficient (Wildman–Crippen LogP) is 2.27. The van der Waals surface area contributed by atoms with Crippen molar-refractivity contribution in [2.24, 2.45) is 5.73 Å². The summed E-state index contributed by atoms with van der Waals surface area (Å²) in [6.45, 7) is 1.17. The zero-order valence-corrected chi connectivity index (χ0v) is 14.4. The predicted molar refractivity (Wildman–Crippen MR) is 92.0 cm³/mol. The molecule has 4 N–H and O–H groups in total. The summed E-state index contributed by atoms with van der Waals surface area (Å²) in [5.41, 5.74) is 5.41. The number of unbranched alkanes of at least 4 members (excludes halogenated alkanes) is 3. The molecule has 1 rings (SSSR count). The van der Waals surface area contributed by atoms with Crippen LogP contribution in [0.3, 0.4) is 0 Å². The maximum Gasteiger partial charge on any atom is 0.221 e. The number of rotatable bonds is 10. The van der Waals surface area contributed by atoms with Crippen LogP contribution in [-0.2, 0) is 9.59 Å². The molecule has 22 heavy (non-hydrogen) atoms. The molecule has 5 nitrogen and oxygen atoms in total. The van der Waals surface area contributed by atoms with Crippen molar-refractivity contribution in [2.45, 2.75) is 76.7 Å². The molecule has 0 atom stereocenters. The lowest BCUT2D eigenvalue weighted by Gasteiger charge is -2.22. The van der Waals surface area contributed by atoms with E-state index in [4.69, 9.17) is 5.73 Å². The first-order chi connectivity index (χ1) is 10.2. The highest BCUT2D eigenvalue weighted by atomic mass is 35.5. The number of hydrogen-bond acceptors (Lipinski definition) is 3. The molecule has 0 radical (unpaired) electrons. The Balaban J connectivity index is 0.00000441. The van der Waals surface area contributed by atoms with Gasteiger partial charge in [-0.05, 0) is 32.2 Å². The van der Waals surface area contributed by atoms with Gasteiger partial charge in [0.05, 0.1) is 0 Å². The molecule has 0 aromatic rings. The minimum atomic E-state index is 0. The van der Waals surface area contributed by atoms with Gasteiger partial charge in [0.1, 0.15) is 0 Å². The number of carbonyl (C=O) groups is 2. The van der Waals surface area contributed by atoms with E-state index in [1.54, 1.807) is 0 Å². The monoisotopic (exact) mass is 333 g/mol. The number of hydrogen-bond donors (Lipinski definition) is 3. The van der Waals surface area contributed by atoms with E-state index in [-0.39, 0.29) is 24.2 Å². The largest absolute Gasteiger partial charge is 0.356 e. The molecule has 1 aliphatic carbocycles. The Bertz CT molecular complexity index is 308. The zero-order valence-electron chi connectivity index (χ0n) is 13.6. The number of amides is 2. The van der Waals surface area contributed by atoms with Crippen molar-refractivity contribution in [3.8, 4) is 0 Å². The Morgan fingerprint density at radius 3 is 2.27 bits per heavy atom. The molecule has 6 heteroatoms. The van der Waals surface area contributed by atoms with E-state index >= 15 is 0 Å². The Morgan fingerprint density at radius 1 is 0.909 bits per heavy atom. The lowest BCUT2D eigenvalue weighted by atomic mass is 9.95. The van der Waals surface area contributed by atoms with Gasteiger partial charge in [-0.3, -0.25) is 9.59 Å². The first-order valence-corrected chi connectivity index (χ1v) is 8.48. The van der Waals surface area contributed by atoms with Crippen LogP contribution in [0.4, 0.5) is 0 Å². The van der Waals surface area contributed by atoms with Crippen LogP contribution in [0.1, 0.15) is 70.6 Å². The van der Waals surface area contributed by atoms with Crippen molar-refractivity contribution in [2.75, 3.05) is 13.1 Å². The minimum Gasteiger partial charge on any atom is -0.356 e. The van der Waals surface area contributed by atoms with Gasteiger partial charge in [0.2, 0.25) is 11.8 Å². The number of carbonyl (C=O) groups excluding carboxylic acids is 2. The van der Waals surface area contributed by atoms with Crippen molar-refractivity contribution in [1.29, 1.82) is 0 Å². The number of nitrogens with two attached hydrogens (primary N) is 1. The van der Waals surface area contributed by atoms with E-state index in [9.17, 15) is 9.59 Å². The van der Waals surface area contributed by atoms with Gasteiger partial charge in [-0.15, -0.1) is 12.4 Å². The van der Waals surface area contributed by atoms with Gasteiger partial charge in [-0.1, -0.05) is 32.1 Å². The van der Waals surface area contributed by atoms with Gasteiger partial charge in [0.25, 0.3) is 0 Å². The number of halogens is 1. The van der Waals surface area contributed by atoms with E-state index in [2.05, 4.69) is 10.6 Å². The molecule has 1 aliphatic rings. The Labute approximate surface area is 140 Å². The second-order valence-electron chi connectivity index (χ2n) is 5.96. The topological polar surface area (TPSA) is 84.2 Å². The van der Waals surface area contributed by atoms with Gasteiger partial charge < -0.3 is 16.4 Å². The van der Waals surface area contributed by atoms with Crippen LogP contribution in [0.5, 0.6) is 0 Å². The quantitative estimate of drug-likeness (QED) is 0.536. The summed E-state index contributed by atoms with van der Waals surface area (Å²) in [5, 5.41) is 5.87. The molecular weight excluding hydrogens is 302 g/mol. The van der Waals surface area contributed by atoms with Crippen LogP contribution in [0, 0.1) is 0 Å².